The van der Waals surface area contributed by atoms with Crippen molar-refractivity contribution in [1.82, 2.24) is 14.4 Å². The summed E-state index contributed by atoms with van der Waals surface area (Å²) in [7, 11) is 1.65. The lowest BCUT2D eigenvalue weighted by molar-refractivity contribution is -0.0484. The van der Waals surface area contributed by atoms with Crippen molar-refractivity contribution in [2.45, 2.75) is 25.0 Å². The van der Waals surface area contributed by atoms with Crippen LogP contribution < -0.4 is 5.56 Å². The molecule has 124 valence electrons. The van der Waals surface area contributed by atoms with E-state index in [1.165, 1.54) is 23.5 Å². The summed E-state index contributed by atoms with van der Waals surface area (Å²) in [5, 5.41) is 0. The maximum atomic E-state index is 12.8. The van der Waals surface area contributed by atoms with Crippen LogP contribution in [-0.2, 0) is 11.8 Å². The van der Waals surface area contributed by atoms with Crippen molar-refractivity contribution in [3.05, 3.63) is 34.2 Å². The van der Waals surface area contributed by atoms with E-state index >= 15 is 0 Å². The smallest absolute Gasteiger partial charge is 0.270 e. The predicted octanol–water partition coefficient (Wildman–Crippen LogP) is 0.321. The van der Waals surface area contributed by atoms with Crippen LogP contribution in [0.15, 0.2) is 23.0 Å². The second kappa shape index (κ2) is 5.76. The number of carbonyl (C=O) groups is 1. The van der Waals surface area contributed by atoms with Gasteiger partial charge in [-0.15, -0.1) is 0 Å². The standard InChI is InChI=1S/C17H23N3O3/c1-18-13(3-2-4-16(18)21)17(22)20-10-14-15(11-20)23-8-7-19(14)9-12-5-6-12/h2-4,12,14-15H,5-11H2,1H3/t14-,15+/m1/s1. The average molecular weight is 317 g/mol. The Morgan fingerprint density at radius 1 is 1.30 bits per heavy atom. The molecule has 0 N–H and O–H groups in total. The van der Waals surface area contributed by atoms with Gasteiger partial charge in [-0.05, 0) is 24.8 Å². The zero-order chi connectivity index (χ0) is 16.0. The van der Waals surface area contributed by atoms with E-state index in [2.05, 4.69) is 4.90 Å². The Labute approximate surface area is 135 Å². The molecule has 2 saturated heterocycles. The van der Waals surface area contributed by atoms with E-state index in [1.54, 1.807) is 19.2 Å². The molecule has 1 aromatic rings. The predicted molar refractivity (Wildman–Crippen MR) is 85.4 cm³/mol. The molecule has 2 atom stereocenters. The second-order valence-electron chi connectivity index (χ2n) is 6.93. The number of hydrogen-bond acceptors (Lipinski definition) is 4. The van der Waals surface area contributed by atoms with Crippen molar-refractivity contribution in [1.29, 1.82) is 0 Å². The lowest BCUT2D eigenvalue weighted by Gasteiger charge is -2.36. The highest BCUT2D eigenvalue weighted by Crippen LogP contribution is 2.33. The Hall–Kier alpha value is -1.66. The van der Waals surface area contributed by atoms with Crippen molar-refractivity contribution >= 4 is 5.91 Å². The van der Waals surface area contributed by atoms with Crippen LogP contribution in [0, 0.1) is 5.92 Å². The highest BCUT2D eigenvalue weighted by atomic mass is 16.5. The molecule has 23 heavy (non-hydrogen) atoms. The molecule has 0 aromatic carbocycles. The summed E-state index contributed by atoms with van der Waals surface area (Å²) < 4.78 is 7.32. The number of pyridine rings is 1. The minimum Gasteiger partial charge on any atom is -0.373 e. The number of hydrogen-bond donors (Lipinski definition) is 0. The van der Waals surface area contributed by atoms with Gasteiger partial charge in [0.15, 0.2) is 0 Å². The number of fused-ring (bicyclic) bond motifs is 1. The van der Waals surface area contributed by atoms with Gasteiger partial charge in [-0.25, -0.2) is 0 Å². The molecule has 1 aromatic heterocycles. The first-order chi connectivity index (χ1) is 11.1. The van der Waals surface area contributed by atoms with Gasteiger partial charge in [-0.3, -0.25) is 14.5 Å². The van der Waals surface area contributed by atoms with Crippen LogP contribution in [0.3, 0.4) is 0 Å². The van der Waals surface area contributed by atoms with Crippen molar-refractivity contribution in [3.8, 4) is 0 Å². The Morgan fingerprint density at radius 2 is 2.13 bits per heavy atom. The minimum atomic E-state index is -0.154. The fraction of sp³-hybridized carbons (Fsp3) is 0.647. The summed E-state index contributed by atoms with van der Waals surface area (Å²) in [4.78, 5) is 28.9. The van der Waals surface area contributed by atoms with Gasteiger partial charge in [-0.2, -0.15) is 0 Å². The summed E-state index contributed by atoms with van der Waals surface area (Å²) >= 11 is 0. The van der Waals surface area contributed by atoms with Gasteiger partial charge in [0.05, 0.1) is 18.8 Å². The van der Waals surface area contributed by atoms with E-state index in [0.29, 0.717) is 24.8 Å². The van der Waals surface area contributed by atoms with Crippen molar-refractivity contribution in [3.63, 3.8) is 0 Å². The molecule has 6 nitrogen and oxygen atoms in total. The molecular weight excluding hydrogens is 294 g/mol. The third kappa shape index (κ3) is 2.81. The number of morpholine rings is 1. The van der Waals surface area contributed by atoms with Crippen LogP contribution >= 0.6 is 0 Å². The topological polar surface area (TPSA) is 54.8 Å². The van der Waals surface area contributed by atoms with Crippen molar-refractivity contribution in [2.24, 2.45) is 13.0 Å². The number of ether oxygens (including phenoxy) is 1. The number of amides is 1. The van der Waals surface area contributed by atoms with E-state index < -0.39 is 0 Å². The number of aromatic nitrogens is 1. The molecule has 4 rings (SSSR count). The number of nitrogens with zero attached hydrogens (tertiary/aromatic N) is 3. The van der Waals surface area contributed by atoms with Gasteiger partial charge < -0.3 is 14.2 Å². The number of carbonyl (C=O) groups excluding carboxylic acids is 1. The SMILES string of the molecule is Cn1c(C(=O)N2C[C@@H]3OCCN(CC4CC4)[C@@H]3C2)cccc1=O. The molecule has 1 amide bonds. The zero-order valence-corrected chi connectivity index (χ0v) is 13.5. The van der Waals surface area contributed by atoms with Gasteiger partial charge in [0.1, 0.15) is 5.69 Å². The maximum Gasteiger partial charge on any atom is 0.270 e. The molecule has 3 aliphatic rings. The van der Waals surface area contributed by atoms with E-state index in [-0.39, 0.29) is 17.6 Å². The summed E-state index contributed by atoms with van der Waals surface area (Å²) in [6, 6.07) is 5.14. The lowest BCUT2D eigenvalue weighted by Crippen LogP contribution is -2.51. The summed E-state index contributed by atoms with van der Waals surface area (Å²) in [6.45, 7) is 4.16. The van der Waals surface area contributed by atoms with E-state index in [4.69, 9.17) is 4.74 Å². The highest BCUT2D eigenvalue weighted by molar-refractivity contribution is 5.92. The fourth-order valence-electron chi connectivity index (χ4n) is 3.72. The zero-order valence-electron chi connectivity index (χ0n) is 13.5. The van der Waals surface area contributed by atoms with Crippen LogP contribution in [-0.4, -0.2) is 65.2 Å². The van der Waals surface area contributed by atoms with Gasteiger partial charge in [0, 0.05) is 39.3 Å². The Bertz CT molecular complexity index is 667. The summed E-state index contributed by atoms with van der Waals surface area (Å²) in [5.41, 5.74) is 0.295. The molecule has 1 aliphatic carbocycles. The van der Waals surface area contributed by atoms with Crippen LogP contribution in [0.1, 0.15) is 23.3 Å². The first kappa shape index (κ1) is 14.9. The van der Waals surface area contributed by atoms with Crippen molar-refractivity contribution < 1.29 is 9.53 Å². The third-order valence-corrected chi connectivity index (χ3v) is 5.30. The molecule has 3 fully saturated rings. The van der Waals surface area contributed by atoms with Gasteiger partial charge in [-0.1, -0.05) is 6.07 Å². The second-order valence-corrected chi connectivity index (χ2v) is 6.93. The highest BCUT2D eigenvalue weighted by Gasteiger charge is 2.43. The van der Waals surface area contributed by atoms with Crippen LogP contribution in [0.25, 0.3) is 0 Å². The first-order valence-electron chi connectivity index (χ1n) is 8.44. The average Bonchev–Trinajstić information content (AvgIpc) is 3.24. The Morgan fingerprint density at radius 3 is 2.91 bits per heavy atom. The fourth-order valence-corrected chi connectivity index (χ4v) is 3.72. The van der Waals surface area contributed by atoms with E-state index in [0.717, 1.165) is 25.6 Å². The Balaban J connectivity index is 1.51. The number of likely N-dealkylation sites (tertiary alicyclic amines) is 1. The molecule has 3 heterocycles. The molecule has 0 spiro atoms. The first-order valence-corrected chi connectivity index (χ1v) is 8.44. The molecule has 0 radical (unpaired) electrons. The minimum absolute atomic E-state index is 0.0745. The van der Waals surface area contributed by atoms with Gasteiger partial charge in [0.25, 0.3) is 11.5 Å². The van der Waals surface area contributed by atoms with Crippen LogP contribution in [0.4, 0.5) is 0 Å². The molecule has 6 heteroatoms. The normalized spacial score (nSPS) is 28.0. The van der Waals surface area contributed by atoms with Crippen LogP contribution in [0.2, 0.25) is 0 Å². The maximum absolute atomic E-state index is 12.8. The largest absolute Gasteiger partial charge is 0.373 e. The van der Waals surface area contributed by atoms with Gasteiger partial charge in [0.2, 0.25) is 0 Å². The molecule has 1 saturated carbocycles. The van der Waals surface area contributed by atoms with Crippen LogP contribution in [0.5, 0.6) is 0 Å². The molecule has 0 bridgehead atoms. The monoisotopic (exact) mass is 317 g/mol. The number of rotatable bonds is 3. The summed E-state index contributed by atoms with van der Waals surface area (Å²) in [6.07, 6.45) is 2.78. The molecule has 0 unspecified atom stereocenters. The lowest BCUT2D eigenvalue weighted by atomic mass is 10.1. The molecular formula is C17H23N3O3. The van der Waals surface area contributed by atoms with Gasteiger partial charge >= 0.3 is 0 Å². The quantitative estimate of drug-likeness (QED) is 0.806. The third-order valence-electron chi connectivity index (χ3n) is 5.30. The van der Waals surface area contributed by atoms with Crippen molar-refractivity contribution in [2.75, 3.05) is 32.8 Å². The van der Waals surface area contributed by atoms with E-state index in [9.17, 15) is 9.59 Å². The molecule has 2 aliphatic heterocycles. The Kier molecular flexibility index (Phi) is 3.73. The summed E-state index contributed by atoms with van der Waals surface area (Å²) in [5.74, 6) is 0.767. The van der Waals surface area contributed by atoms with E-state index in [1.807, 2.05) is 4.90 Å².